The number of carbonyl (C=O) groups excluding carboxylic acids is 1. The first-order valence-corrected chi connectivity index (χ1v) is 5.96. The van der Waals surface area contributed by atoms with Crippen molar-refractivity contribution in [3.05, 3.63) is 16.9 Å². The van der Waals surface area contributed by atoms with Crippen molar-refractivity contribution in [3.63, 3.8) is 0 Å². The minimum Gasteiger partial charge on any atom is -0.341 e. The van der Waals surface area contributed by atoms with Gasteiger partial charge in [0.25, 0.3) is 0 Å². The molecule has 1 aliphatic heterocycles. The standard InChI is InChI=1S/C10H14BrN3O/c1-8(14-7-9(11)6-12-14)10(15)13-4-2-3-5-13/h6-8H,2-5H2,1H3. The van der Waals surface area contributed by atoms with Crippen LogP contribution in [0, 0.1) is 0 Å². The predicted molar refractivity (Wildman–Crippen MR) is 60.5 cm³/mol. The summed E-state index contributed by atoms with van der Waals surface area (Å²) in [5.41, 5.74) is 0. The highest BCUT2D eigenvalue weighted by molar-refractivity contribution is 9.10. The zero-order valence-corrected chi connectivity index (χ0v) is 10.3. The minimum absolute atomic E-state index is 0.170. The Morgan fingerprint density at radius 1 is 1.53 bits per heavy atom. The number of hydrogen-bond donors (Lipinski definition) is 0. The van der Waals surface area contributed by atoms with Crippen LogP contribution in [0.1, 0.15) is 25.8 Å². The smallest absolute Gasteiger partial charge is 0.247 e. The minimum atomic E-state index is -0.200. The summed E-state index contributed by atoms with van der Waals surface area (Å²) >= 11 is 3.32. The molecule has 4 nitrogen and oxygen atoms in total. The molecule has 0 radical (unpaired) electrons. The van der Waals surface area contributed by atoms with Crippen LogP contribution in [-0.2, 0) is 4.79 Å². The monoisotopic (exact) mass is 271 g/mol. The molecule has 0 saturated carbocycles. The van der Waals surface area contributed by atoms with Crippen molar-refractivity contribution in [2.75, 3.05) is 13.1 Å². The third-order valence-electron chi connectivity index (χ3n) is 2.74. The van der Waals surface area contributed by atoms with Crippen molar-refractivity contribution in [1.29, 1.82) is 0 Å². The van der Waals surface area contributed by atoms with Gasteiger partial charge >= 0.3 is 0 Å². The van der Waals surface area contributed by atoms with Gasteiger partial charge in [-0.3, -0.25) is 9.48 Å². The fourth-order valence-corrected chi connectivity index (χ4v) is 2.14. The average molecular weight is 272 g/mol. The molecule has 0 aromatic carbocycles. The molecule has 1 unspecified atom stereocenters. The summed E-state index contributed by atoms with van der Waals surface area (Å²) in [4.78, 5) is 13.9. The lowest BCUT2D eigenvalue weighted by atomic mass is 10.3. The van der Waals surface area contributed by atoms with Crippen LogP contribution in [0.15, 0.2) is 16.9 Å². The molecule has 2 rings (SSSR count). The van der Waals surface area contributed by atoms with E-state index in [1.165, 1.54) is 0 Å². The Morgan fingerprint density at radius 2 is 2.20 bits per heavy atom. The molecular weight excluding hydrogens is 258 g/mol. The molecule has 1 saturated heterocycles. The van der Waals surface area contributed by atoms with Crippen molar-refractivity contribution in [2.45, 2.75) is 25.8 Å². The van der Waals surface area contributed by atoms with E-state index < -0.39 is 0 Å². The highest BCUT2D eigenvalue weighted by atomic mass is 79.9. The maximum Gasteiger partial charge on any atom is 0.247 e. The molecule has 1 fully saturated rings. The van der Waals surface area contributed by atoms with E-state index in [9.17, 15) is 4.79 Å². The largest absolute Gasteiger partial charge is 0.341 e. The first-order chi connectivity index (χ1) is 7.18. The maximum absolute atomic E-state index is 12.0. The molecular formula is C10H14BrN3O. The summed E-state index contributed by atoms with van der Waals surface area (Å²) in [7, 11) is 0. The fourth-order valence-electron chi connectivity index (χ4n) is 1.84. The van der Waals surface area contributed by atoms with Crippen LogP contribution in [0.25, 0.3) is 0 Å². The van der Waals surface area contributed by atoms with Gasteiger partial charge in [0, 0.05) is 19.3 Å². The van der Waals surface area contributed by atoms with E-state index in [0.717, 1.165) is 30.4 Å². The van der Waals surface area contributed by atoms with Crippen molar-refractivity contribution in [2.24, 2.45) is 0 Å². The second kappa shape index (κ2) is 4.35. The van der Waals surface area contributed by atoms with Gasteiger partial charge in [0.1, 0.15) is 6.04 Å². The van der Waals surface area contributed by atoms with Gasteiger partial charge in [0.2, 0.25) is 5.91 Å². The Morgan fingerprint density at radius 3 is 2.73 bits per heavy atom. The highest BCUT2D eigenvalue weighted by Gasteiger charge is 2.24. The molecule has 0 N–H and O–H groups in total. The van der Waals surface area contributed by atoms with Crippen molar-refractivity contribution >= 4 is 21.8 Å². The topological polar surface area (TPSA) is 38.1 Å². The Kier molecular flexibility index (Phi) is 3.09. The predicted octanol–water partition coefficient (Wildman–Crippen LogP) is 1.83. The van der Waals surface area contributed by atoms with Crippen molar-refractivity contribution in [1.82, 2.24) is 14.7 Å². The van der Waals surface area contributed by atoms with Gasteiger partial charge in [0.15, 0.2) is 0 Å². The number of nitrogens with zero attached hydrogens (tertiary/aromatic N) is 3. The molecule has 0 aliphatic carbocycles. The van der Waals surface area contributed by atoms with Gasteiger partial charge in [-0.25, -0.2) is 0 Å². The highest BCUT2D eigenvalue weighted by Crippen LogP contribution is 2.16. The Labute approximate surface area is 97.4 Å². The summed E-state index contributed by atoms with van der Waals surface area (Å²) in [5, 5.41) is 4.13. The Hall–Kier alpha value is -0.840. The van der Waals surface area contributed by atoms with Gasteiger partial charge in [-0.2, -0.15) is 5.10 Å². The molecule has 1 aromatic heterocycles. The first kappa shape index (κ1) is 10.7. The van der Waals surface area contributed by atoms with Crippen LogP contribution in [0.4, 0.5) is 0 Å². The average Bonchev–Trinajstić information content (AvgIpc) is 2.85. The fraction of sp³-hybridized carbons (Fsp3) is 0.600. The Bertz CT molecular complexity index is 357. The van der Waals surface area contributed by atoms with E-state index in [1.54, 1.807) is 10.9 Å². The quantitative estimate of drug-likeness (QED) is 0.823. The van der Waals surface area contributed by atoms with Crippen LogP contribution >= 0.6 is 15.9 Å². The third-order valence-corrected chi connectivity index (χ3v) is 3.15. The molecule has 1 aliphatic rings. The Balaban J connectivity index is 2.06. The number of carbonyl (C=O) groups is 1. The van der Waals surface area contributed by atoms with E-state index in [0.29, 0.717) is 0 Å². The number of amides is 1. The van der Waals surface area contributed by atoms with E-state index >= 15 is 0 Å². The first-order valence-electron chi connectivity index (χ1n) is 5.17. The molecule has 0 bridgehead atoms. The number of rotatable bonds is 2. The number of halogens is 1. The second-order valence-corrected chi connectivity index (χ2v) is 4.76. The molecule has 5 heteroatoms. The lowest BCUT2D eigenvalue weighted by Gasteiger charge is -2.20. The third kappa shape index (κ3) is 2.22. The van der Waals surface area contributed by atoms with E-state index in [1.807, 2.05) is 18.0 Å². The summed E-state index contributed by atoms with van der Waals surface area (Å²) in [6.07, 6.45) is 5.79. The second-order valence-electron chi connectivity index (χ2n) is 3.85. The molecule has 0 spiro atoms. The van der Waals surface area contributed by atoms with Crippen molar-refractivity contribution < 1.29 is 4.79 Å². The lowest BCUT2D eigenvalue weighted by molar-refractivity contribution is -0.133. The summed E-state index contributed by atoms with van der Waals surface area (Å²) in [6.45, 7) is 3.68. The molecule has 15 heavy (non-hydrogen) atoms. The maximum atomic E-state index is 12.0. The molecule has 2 heterocycles. The molecule has 1 atom stereocenters. The van der Waals surface area contributed by atoms with Crippen LogP contribution in [0.5, 0.6) is 0 Å². The van der Waals surface area contributed by atoms with Crippen LogP contribution in [-0.4, -0.2) is 33.7 Å². The lowest BCUT2D eigenvalue weighted by Crippen LogP contribution is -2.34. The van der Waals surface area contributed by atoms with E-state index in [-0.39, 0.29) is 11.9 Å². The zero-order chi connectivity index (χ0) is 10.8. The van der Waals surface area contributed by atoms with Gasteiger partial charge < -0.3 is 4.90 Å². The summed E-state index contributed by atoms with van der Waals surface area (Å²) in [6, 6.07) is -0.200. The van der Waals surface area contributed by atoms with E-state index in [2.05, 4.69) is 21.0 Å². The molecule has 1 amide bonds. The molecule has 1 aromatic rings. The van der Waals surface area contributed by atoms with Gasteiger partial charge in [0.05, 0.1) is 10.7 Å². The molecule has 82 valence electrons. The van der Waals surface area contributed by atoms with Crippen LogP contribution in [0.3, 0.4) is 0 Å². The van der Waals surface area contributed by atoms with E-state index in [4.69, 9.17) is 0 Å². The number of likely N-dealkylation sites (tertiary alicyclic amines) is 1. The SMILES string of the molecule is CC(C(=O)N1CCCC1)n1cc(Br)cn1. The van der Waals surface area contributed by atoms with Gasteiger partial charge in [-0.1, -0.05) is 0 Å². The van der Waals surface area contributed by atoms with Crippen LogP contribution in [0.2, 0.25) is 0 Å². The van der Waals surface area contributed by atoms with Crippen molar-refractivity contribution in [3.8, 4) is 0 Å². The number of hydrogen-bond acceptors (Lipinski definition) is 2. The van der Waals surface area contributed by atoms with Crippen LogP contribution < -0.4 is 0 Å². The zero-order valence-electron chi connectivity index (χ0n) is 8.69. The summed E-state index contributed by atoms with van der Waals surface area (Å²) in [5.74, 6) is 0.170. The summed E-state index contributed by atoms with van der Waals surface area (Å²) < 4.78 is 2.61. The number of aromatic nitrogens is 2. The normalized spacial score (nSPS) is 18.1. The van der Waals surface area contributed by atoms with Gasteiger partial charge in [-0.15, -0.1) is 0 Å². The van der Waals surface area contributed by atoms with Gasteiger partial charge in [-0.05, 0) is 35.7 Å².